The van der Waals surface area contributed by atoms with Crippen LogP contribution >= 0.6 is 12.2 Å². The normalized spacial score (nSPS) is 10.3. The van der Waals surface area contributed by atoms with Crippen LogP contribution in [0.3, 0.4) is 0 Å². The van der Waals surface area contributed by atoms with Crippen molar-refractivity contribution >= 4 is 17.2 Å². The van der Waals surface area contributed by atoms with Gasteiger partial charge in [-0.2, -0.15) is 0 Å². The Hall–Kier alpha value is -2.27. The van der Waals surface area contributed by atoms with Crippen LogP contribution < -0.4 is 19.9 Å². The topological polar surface area (TPSA) is 53.7 Å². The Bertz CT molecular complexity index is 744. The highest BCUT2D eigenvalue weighted by molar-refractivity contribution is 7.80. The number of nitrogens with two attached hydrogens (primary N) is 1. The molecular formula is C19H23NO3S. The summed E-state index contributed by atoms with van der Waals surface area (Å²) in [6.07, 6.45) is 0. The molecule has 0 amide bonds. The van der Waals surface area contributed by atoms with Gasteiger partial charge >= 0.3 is 0 Å². The minimum absolute atomic E-state index is 0.324. The van der Waals surface area contributed by atoms with Gasteiger partial charge in [-0.3, -0.25) is 0 Å². The number of benzene rings is 2. The molecule has 0 fully saturated rings. The minimum atomic E-state index is 0.324. The number of hydrogen-bond acceptors (Lipinski definition) is 4. The van der Waals surface area contributed by atoms with E-state index in [1.54, 1.807) is 19.2 Å². The van der Waals surface area contributed by atoms with Gasteiger partial charge in [0.15, 0.2) is 11.5 Å². The van der Waals surface area contributed by atoms with Crippen molar-refractivity contribution in [2.75, 3.05) is 20.3 Å². The molecule has 0 atom stereocenters. The smallest absolute Gasteiger partial charge is 0.162 e. The Morgan fingerprint density at radius 1 is 0.958 bits per heavy atom. The molecule has 0 aliphatic rings. The monoisotopic (exact) mass is 345 g/mol. The van der Waals surface area contributed by atoms with Crippen LogP contribution in [0, 0.1) is 20.8 Å². The molecule has 2 aromatic rings. The van der Waals surface area contributed by atoms with Crippen molar-refractivity contribution in [3.8, 4) is 17.2 Å². The van der Waals surface area contributed by atoms with E-state index < -0.39 is 0 Å². The zero-order chi connectivity index (χ0) is 17.7. The molecule has 0 spiro atoms. The maximum atomic E-state index is 5.91. The fourth-order valence-electron chi connectivity index (χ4n) is 2.39. The lowest BCUT2D eigenvalue weighted by Crippen LogP contribution is -2.13. The van der Waals surface area contributed by atoms with Crippen LogP contribution in [0.2, 0.25) is 0 Å². The third-order valence-corrected chi connectivity index (χ3v) is 4.14. The molecule has 0 aliphatic carbocycles. The predicted octanol–water partition coefficient (Wildman–Crippen LogP) is 3.71. The molecule has 128 valence electrons. The quantitative estimate of drug-likeness (QED) is 0.612. The van der Waals surface area contributed by atoms with E-state index in [2.05, 4.69) is 26.0 Å². The number of ether oxygens (including phenoxy) is 3. The van der Waals surface area contributed by atoms with E-state index in [1.807, 2.05) is 13.0 Å². The molecule has 0 aromatic heterocycles. The van der Waals surface area contributed by atoms with Gasteiger partial charge in [-0.05, 0) is 55.7 Å². The number of aryl methyl sites for hydroxylation is 2. The highest BCUT2D eigenvalue weighted by atomic mass is 32.1. The van der Waals surface area contributed by atoms with Crippen LogP contribution in [0.1, 0.15) is 22.3 Å². The predicted molar refractivity (Wildman–Crippen MR) is 101 cm³/mol. The minimum Gasteiger partial charge on any atom is -0.493 e. The molecule has 4 nitrogen and oxygen atoms in total. The highest BCUT2D eigenvalue weighted by Gasteiger charge is 2.09. The molecule has 0 saturated carbocycles. The first kappa shape index (κ1) is 18.1. The Morgan fingerprint density at radius 3 is 2.29 bits per heavy atom. The summed E-state index contributed by atoms with van der Waals surface area (Å²) in [7, 11) is 1.60. The van der Waals surface area contributed by atoms with E-state index in [4.69, 9.17) is 32.2 Å². The molecule has 2 aromatic carbocycles. The summed E-state index contributed by atoms with van der Waals surface area (Å²) in [5.41, 5.74) is 9.89. The van der Waals surface area contributed by atoms with Crippen molar-refractivity contribution in [3.05, 3.63) is 52.6 Å². The van der Waals surface area contributed by atoms with Crippen LogP contribution in [0.25, 0.3) is 0 Å². The zero-order valence-corrected chi connectivity index (χ0v) is 15.3. The van der Waals surface area contributed by atoms with Gasteiger partial charge in [0, 0.05) is 5.56 Å². The van der Waals surface area contributed by atoms with Gasteiger partial charge in [-0.1, -0.05) is 24.4 Å². The van der Waals surface area contributed by atoms with E-state index in [-0.39, 0.29) is 0 Å². The van der Waals surface area contributed by atoms with Gasteiger partial charge in [0.2, 0.25) is 0 Å². The Balaban J connectivity index is 2.01. The maximum absolute atomic E-state index is 5.91. The zero-order valence-electron chi connectivity index (χ0n) is 14.5. The summed E-state index contributed by atoms with van der Waals surface area (Å²) < 4.78 is 17.0. The maximum Gasteiger partial charge on any atom is 0.162 e. The van der Waals surface area contributed by atoms with Crippen molar-refractivity contribution in [1.82, 2.24) is 0 Å². The molecule has 24 heavy (non-hydrogen) atoms. The molecule has 5 heteroatoms. The lowest BCUT2D eigenvalue weighted by Gasteiger charge is -2.15. The van der Waals surface area contributed by atoms with E-state index in [9.17, 15) is 0 Å². The van der Waals surface area contributed by atoms with Gasteiger partial charge in [0.05, 0.1) is 7.11 Å². The molecule has 2 rings (SSSR count). The molecule has 0 radical (unpaired) electrons. The average Bonchev–Trinajstić information content (AvgIpc) is 2.57. The molecule has 0 aliphatic heterocycles. The van der Waals surface area contributed by atoms with Crippen molar-refractivity contribution in [2.45, 2.75) is 20.8 Å². The molecule has 0 bridgehead atoms. The van der Waals surface area contributed by atoms with Crippen LogP contribution in [-0.2, 0) is 0 Å². The summed E-state index contributed by atoms with van der Waals surface area (Å²) in [5, 5.41) is 0. The van der Waals surface area contributed by atoms with Crippen LogP contribution in [0.15, 0.2) is 30.3 Å². The van der Waals surface area contributed by atoms with Crippen LogP contribution in [0.5, 0.6) is 17.2 Å². The summed E-state index contributed by atoms with van der Waals surface area (Å²) in [5.74, 6) is 2.16. The Kier molecular flexibility index (Phi) is 6.04. The summed E-state index contributed by atoms with van der Waals surface area (Å²) in [4.78, 5) is 0.324. The highest BCUT2D eigenvalue weighted by Crippen LogP contribution is 2.29. The number of thiocarbonyl (C=S) groups is 1. The van der Waals surface area contributed by atoms with E-state index in [0.717, 1.165) is 22.4 Å². The first-order valence-electron chi connectivity index (χ1n) is 7.74. The Labute approximate surface area is 148 Å². The molecular weight excluding hydrogens is 322 g/mol. The van der Waals surface area contributed by atoms with Gasteiger partial charge in [0.25, 0.3) is 0 Å². The van der Waals surface area contributed by atoms with Crippen molar-refractivity contribution in [2.24, 2.45) is 5.73 Å². The first-order chi connectivity index (χ1) is 11.4. The number of hydrogen-bond donors (Lipinski definition) is 1. The van der Waals surface area contributed by atoms with Crippen molar-refractivity contribution < 1.29 is 14.2 Å². The van der Waals surface area contributed by atoms with Crippen LogP contribution in [-0.4, -0.2) is 25.3 Å². The van der Waals surface area contributed by atoms with Crippen molar-refractivity contribution in [3.63, 3.8) is 0 Å². The first-order valence-corrected chi connectivity index (χ1v) is 8.15. The summed E-state index contributed by atoms with van der Waals surface area (Å²) in [6, 6.07) is 9.54. The van der Waals surface area contributed by atoms with Gasteiger partial charge in [-0.25, -0.2) is 0 Å². The molecule has 2 N–H and O–H groups in total. The fourth-order valence-corrected chi connectivity index (χ4v) is 2.51. The van der Waals surface area contributed by atoms with Crippen LogP contribution in [0.4, 0.5) is 0 Å². The SMILES string of the molecule is COc1ccc(C(N)=S)cc1OCCOc1c(C)ccc(C)c1C. The third-order valence-electron chi connectivity index (χ3n) is 3.91. The van der Waals surface area contributed by atoms with Crippen molar-refractivity contribution in [1.29, 1.82) is 0 Å². The molecule has 0 unspecified atom stereocenters. The van der Waals surface area contributed by atoms with Gasteiger partial charge in [0.1, 0.15) is 24.0 Å². The third kappa shape index (κ3) is 4.17. The largest absolute Gasteiger partial charge is 0.493 e. The van der Waals surface area contributed by atoms with E-state index >= 15 is 0 Å². The number of methoxy groups -OCH3 is 1. The van der Waals surface area contributed by atoms with E-state index in [1.165, 1.54) is 5.56 Å². The van der Waals surface area contributed by atoms with Gasteiger partial charge < -0.3 is 19.9 Å². The number of rotatable bonds is 7. The Morgan fingerprint density at radius 2 is 1.62 bits per heavy atom. The lowest BCUT2D eigenvalue weighted by molar-refractivity contribution is 0.209. The second-order valence-electron chi connectivity index (χ2n) is 5.58. The standard InChI is InChI=1S/C19H23NO3S/c1-12-5-6-13(2)18(14(12)3)23-10-9-22-17-11-15(19(20)24)7-8-16(17)21-4/h5-8,11H,9-10H2,1-4H3,(H2,20,24). The fraction of sp³-hybridized carbons (Fsp3) is 0.316. The second-order valence-corrected chi connectivity index (χ2v) is 6.02. The lowest BCUT2D eigenvalue weighted by atomic mass is 10.1. The van der Waals surface area contributed by atoms with E-state index in [0.29, 0.717) is 29.7 Å². The molecule has 0 heterocycles. The summed E-state index contributed by atoms with van der Waals surface area (Å²) >= 11 is 5.00. The van der Waals surface area contributed by atoms with Gasteiger partial charge in [-0.15, -0.1) is 0 Å². The second kappa shape index (κ2) is 8.02. The average molecular weight is 345 g/mol. The molecule has 0 saturated heterocycles. The summed E-state index contributed by atoms with van der Waals surface area (Å²) in [6.45, 7) is 7.00.